The second-order valence-corrected chi connectivity index (χ2v) is 5.83. The van der Waals surface area contributed by atoms with E-state index >= 15 is 0 Å². The average molecular weight is 344 g/mol. The Balaban J connectivity index is 2.23. The third-order valence-electron chi connectivity index (χ3n) is 3.23. The molecule has 98 valence electrons. The highest BCUT2D eigenvalue weighted by Crippen LogP contribution is 2.37. The Labute approximate surface area is 132 Å². The highest BCUT2D eigenvalue weighted by atomic mass is 79.9. The van der Waals surface area contributed by atoms with Gasteiger partial charge in [0.2, 0.25) is 0 Å². The normalized spacial score (nSPS) is 10.5. The second-order valence-electron chi connectivity index (χ2n) is 4.54. The van der Waals surface area contributed by atoms with Crippen LogP contribution in [-0.2, 0) is 0 Å². The average Bonchev–Trinajstić information content (AvgIpc) is 2.51. The van der Waals surface area contributed by atoms with Crippen molar-refractivity contribution in [2.45, 2.75) is 0 Å². The SMILES string of the molecule is Clc1ccc(Br)c(-c2ccccc2-c2ccccc2)c1. The maximum Gasteiger partial charge on any atom is 0.0412 e. The van der Waals surface area contributed by atoms with Crippen molar-refractivity contribution in [1.82, 2.24) is 0 Å². The number of rotatable bonds is 2. The van der Waals surface area contributed by atoms with Gasteiger partial charge in [-0.1, -0.05) is 82.1 Å². The summed E-state index contributed by atoms with van der Waals surface area (Å²) in [6.45, 7) is 0. The molecule has 0 radical (unpaired) electrons. The van der Waals surface area contributed by atoms with Gasteiger partial charge in [-0.2, -0.15) is 0 Å². The third kappa shape index (κ3) is 2.65. The Morgan fingerprint density at radius 1 is 0.650 bits per heavy atom. The minimum atomic E-state index is 0.742. The summed E-state index contributed by atoms with van der Waals surface area (Å²) in [4.78, 5) is 0. The van der Waals surface area contributed by atoms with Gasteiger partial charge >= 0.3 is 0 Å². The summed E-state index contributed by atoms with van der Waals surface area (Å²) in [5.74, 6) is 0. The van der Waals surface area contributed by atoms with Crippen LogP contribution < -0.4 is 0 Å². The lowest BCUT2D eigenvalue weighted by Crippen LogP contribution is -1.86. The van der Waals surface area contributed by atoms with Crippen LogP contribution in [0.4, 0.5) is 0 Å². The van der Waals surface area contributed by atoms with Crippen molar-refractivity contribution >= 4 is 27.5 Å². The third-order valence-corrected chi connectivity index (χ3v) is 4.16. The van der Waals surface area contributed by atoms with Crippen LogP contribution in [0, 0.1) is 0 Å². The maximum absolute atomic E-state index is 6.14. The zero-order valence-corrected chi connectivity index (χ0v) is 13.0. The molecular weight excluding hydrogens is 332 g/mol. The molecule has 0 unspecified atom stereocenters. The predicted octanol–water partition coefficient (Wildman–Crippen LogP) is 6.44. The lowest BCUT2D eigenvalue weighted by molar-refractivity contribution is 1.56. The zero-order chi connectivity index (χ0) is 13.9. The molecule has 0 atom stereocenters. The first-order valence-electron chi connectivity index (χ1n) is 6.35. The maximum atomic E-state index is 6.14. The van der Waals surface area contributed by atoms with E-state index in [4.69, 9.17) is 11.6 Å². The monoisotopic (exact) mass is 342 g/mol. The molecule has 0 aromatic heterocycles. The molecule has 0 bridgehead atoms. The first-order chi connectivity index (χ1) is 9.75. The standard InChI is InChI=1S/C18H12BrCl/c19-18-11-10-14(20)12-17(18)16-9-5-4-8-15(16)13-6-2-1-3-7-13/h1-12H. The zero-order valence-electron chi connectivity index (χ0n) is 10.7. The van der Waals surface area contributed by atoms with Gasteiger partial charge < -0.3 is 0 Å². The Morgan fingerprint density at radius 3 is 2.05 bits per heavy atom. The lowest BCUT2D eigenvalue weighted by Gasteiger charge is -2.12. The molecule has 0 fully saturated rings. The first-order valence-corrected chi connectivity index (χ1v) is 7.52. The molecule has 0 aliphatic heterocycles. The van der Waals surface area contributed by atoms with Crippen LogP contribution in [0.3, 0.4) is 0 Å². The Hall–Kier alpha value is -1.57. The van der Waals surface area contributed by atoms with Crippen LogP contribution in [0.15, 0.2) is 77.3 Å². The van der Waals surface area contributed by atoms with Crippen molar-refractivity contribution in [1.29, 1.82) is 0 Å². The van der Waals surface area contributed by atoms with Crippen LogP contribution in [0.25, 0.3) is 22.3 Å². The Morgan fingerprint density at radius 2 is 1.30 bits per heavy atom. The molecule has 0 saturated heterocycles. The molecule has 0 aliphatic rings. The molecule has 3 aromatic carbocycles. The van der Waals surface area contributed by atoms with E-state index in [2.05, 4.69) is 64.5 Å². The fraction of sp³-hybridized carbons (Fsp3) is 0. The minimum absolute atomic E-state index is 0.742. The quantitative estimate of drug-likeness (QED) is 0.502. The van der Waals surface area contributed by atoms with Crippen LogP contribution in [0.2, 0.25) is 5.02 Å². The lowest BCUT2D eigenvalue weighted by atomic mass is 9.95. The van der Waals surface area contributed by atoms with E-state index in [0.29, 0.717) is 0 Å². The van der Waals surface area contributed by atoms with Crippen molar-refractivity contribution in [3.63, 3.8) is 0 Å². The van der Waals surface area contributed by atoms with Crippen LogP contribution >= 0.6 is 27.5 Å². The summed E-state index contributed by atoms with van der Waals surface area (Å²) in [6.07, 6.45) is 0. The van der Waals surface area contributed by atoms with E-state index in [0.717, 1.165) is 15.1 Å². The van der Waals surface area contributed by atoms with Gasteiger partial charge in [0.15, 0.2) is 0 Å². The summed E-state index contributed by atoms with van der Waals surface area (Å²) in [7, 11) is 0. The predicted molar refractivity (Wildman–Crippen MR) is 90.0 cm³/mol. The molecule has 0 N–H and O–H groups in total. The van der Waals surface area contributed by atoms with Crippen LogP contribution in [0.5, 0.6) is 0 Å². The van der Waals surface area contributed by atoms with Gasteiger partial charge in [-0.15, -0.1) is 0 Å². The van der Waals surface area contributed by atoms with E-state index in [1.54, 1.807) is 0 Å². The molecule has 2 heteroatoms. The summed E-state index contributed by atoms with van der Waals surface area (Å²) < 4.78 is 1.05. The summed E-state index contributed by atoms with van der Waals surface area (Å²) in [6, 6.07) is 24.6. The summed E-state index contributed by atoms with van der Waals surface area (Å²) in [5, 5.41) is 0.742. The van der Waals surface area contributed by atoms with Crippen molar-refractivity contribution < 1.29 is 0 Å². The van der Waals surface area contributed by atoms with Crippen LogP contribution in [-0.4, -0.2) is 0 Å². The molecule has 0 amide bonds. The molecule has 3 rings (SSSR count). The van der Waals surface area contributed by atoms with Crippen molar-refractivity contribution in [3.8, 4) is 22.3 Å². The molecule has 0 heterocycles. The van der Waals surface area contributed by atoms with Gasteiger partial charge in [0.1, 0.15) is 0 Å². The largest absolute Gasteiger partial charge is 0.0843 e. The van der Waals surface area contributed by atoms with Crippen molar-refractivity contribution in [2.75, 3.05) is 0 Å². The van der Waals surface area contributed by atoms with E-state index in [1.165, 1.54) is 16.7 Å². The Kier molecular flexibility index (Phi) is 3.90. The number of hydrogen-bond acceptors (Lipinski definition) is 0. The van der Waals surface area contributed by atoms with E-state index < -0.39 is 0 Å². The number of benzene rings is 3. The molecular formula is C18H12BrCl. The number of halogens is 2. The molecule has 0 nitrogen and oxygen atoms in total. The topological polar surface area (TPSA) is 0 Å². The highest BCUT2D eigenvalue weighted by Gasteiger charge is 2.10. The Bertz CT molecular complexity index is 735. The second kappa shape index (κ2) is 5.82. The van der Waals surface area contributed by atoms with Gasteiger partial charge in [-0.05, 0) is 40.5 Å². The van der Waals surface area contributed by atoms with Crippen LogP contribution in [0.1, 0.15) is 0 Å². The smallest absolute Gasteiger partial charge is 0.0412 e. The van der Waals surface area contributed by atoms with Crippen molar-refractivity contribution in [3.05, 3.63) is 82.3 Å². The van der Waals surface area contributed by atoms with Gasteiger partial charge in [-0.25, -0.2) is 0 Å². The van der Waals surface area contributed by atoms with Crippen molar-refractivity contribution in [2.24, 2.45) is 0 Å². The summed E-state index contributed by atoms with van der Waals surface area (Å²) in [5.41, 5.74) is 4.69. The first kappa shape index (κ1) is 13.4. The highest BCUT2D eigenvalue weighted by molar-refractivity contribution is 9.10. The van der Waals surface area contributed by atoms with E-state index in [-0.39, 0.29) is 0 Å². The molecule has 0 saturated carbocycles. The molecule has 0 aliphatic carbocycles. The van der Waals surface area contributed by atoms with Gasteiger partial charge in [0.25, 0.3) is 0 Å². The van der Waals surface area contributed by atoms with E-state index in [1.807, 2.05) is 24.3 Å². The van der Waals surface area contributed by atoms with Gasteiger partial charge in [0.05, 0.1) is 0 Å². The van der Waals surface area contributed by atoms with Gasteiger partial charge in [0, 0.05) is 9.50 Å². The fourth-order valence-electron chi connectivity index (χ4n) is 2.29. The summed E-state index contributed by atoms with van der Waals surface area (Å²) >= 11 is 9.76. The minimum Gasteiger partial charge on any atom is -0.0843 e. The molecule has 0 spiro atoms. The van der Waals surface area contributed by atoms with E-state index in [9.17, 15) is 0 Å². The molecule has 3 aromatic rings. The molecule has 20 heavy (non-hydrogen) atoms. The fourth-order valence-corrected chi connectivity index (χ4v) is 2.92. The van der Waals surface area contributed by atoms with Gasteiger partial charge in [-0.3, -0.25) is 0 Å². The number of hydrogen-bond donors (Lipinski definition) is 0.